The molecule has 4 nitrogen and oxygen atoms in total. The fourth-order valence-corrected chi connectivity index (χ4v) is 4.65. The van der Waals surface area contributed by atoms with Crippen LogP contribution in [0.1, 0.15) is 73.5 Å². The molecule has 190 valence electrons. The number of ether oxygens (including phenoxy) is 2. The largest absolute Gasteiger partial charge is 0.452 e. The quantitative estimate of drug-likeness (QED) is 0.195. The molecule has 0 aliphatic carbocycles. The maximum absolute atomic E-state index is 12.6. The van der Waals surface area contributed by atoms with Crippen molar-refractivity contribution < 1.29 is 14.3 Å². The molecule has 3 aromatic rings. The Morgan fingerprint density at radius 2 is 1.44 bits per heavy atom. The van der Waals surface area contributed by atoms with Gasteiger partial charge in [0.15, 0.2) is 0 Å². The first-order valence-electron chi connectivity index (χ1n) is 13.0. The van der Waals surface area contributed by atoms with E-state index in [4.69, 9.17) is 21.1 Å². The summed E-state index contributed by atoms with van der Waals surface area (Å²) in [7, 11) is 0. The van der Waals surface area contributed by atoms with Crippen molar-refractivity contribution in [3.63, 3.8) is 0 Å². The Morgan fingerprint density at radius 1 is 0.806 bits per heavy atom. The third kappa shape index (κ3) is 7.04. The zero-order valence-electron chi connectivity index (χ0n) is 21.6. The number of fused-ring (bicyclic) bond motifs is 1. The molecule has 0 radical (unpaired) electrons. The Balaban J connectivity index is 1.46. The highest BCUT2D eigenvalue weighted by atomic mass is 35.5. The molecule has 36 heavy (non-hydrogen) atoms. The number of carbonyl (C=O) groups excluding carboxylic acids is 1. The lowest BCUT2D eigenvalue weighted by molar-refractivity contribution is -0.127. The van der Waals surface area contributed by atoms with Crippen LogP contribution in [0, 0.1) is 0 Å². The van der Waals surface area contributed by atoms with Crippen LogP contribution in [0.4, 0.5) is 5.69 Å². The number of benzene rings is 3. The van der Waals surface area contributed by atoms with Crippen LogP contribution in [0.3, 0.4) is 0 Å². The maximum atomic E-state index is 12.6. The van der Waals surface area contributed by atoms with E-state index in [2.05, 4.69) is 48.2 Å². The highest BCUT2D eigenvalue weighted by molar-refractivity contribution is 6.30. The molecule has 0 atom stereocenters. The first-order valence-corrected chi connectivity index (χ1v) is 13.3. The van der Waals surface area contributed by atoms with Gasteiger partial charge in [0.2, 0.25) is 5.79 Å². The zero-order chi connectivity index (χ0) is 25.5. The van der Waals surface area contributed by atoms with Gasteiger partial charge in [-0.2, -0.15) is 0 Å². The number of rotatable bonds is 11. The first kappa shape index (κ1) is 26.1. The van der Waals surface area contributed by atoms with Gasteiger partial charge in [0.25, 0.3) is 0 Å². The fraction of sp³-hybridized carbons (Fsp3) is 0.387. The van der Waals surface area contributed by atoms with Crippen LogP contribution in [-0.4, -0.2) is 18.3 Å². The zero-order valence-corrected chi connectivity index (χ0v) is 22.3. The third-order valence-electron chi connectivity index (χ3n) is 6.54. The van der Waals surface area contributed by atoms with Gasteiger partial charge in [-0.3, -0.25) is 0 Å². The number of aryl methyl sites for hydroxylation is 2. The van der Waals surface area contributed by atoms with E-state index in [9.17, 15) is 4.79 Å². The molecule has 0 aromatic heterocycles. The number of carbonyl (C=O) groups is 1. The van der Waals surface area contributed by atoms with Crippen LogP contribution in [0.5, 0.6) is 5.75 Å². The average Bonchev–Trinajstić information content (AvgIpc) is 2.85. The van der Waals surface area contributed by atoms with Crippen LogP contribution in [-0.2, 0) is 24.1 Å². The predicted octanol–water partition coefficient (Wildman–Crippen LogP) is 8.00. The van der Waals surface area contributed by atoms with E-state index < -0.39 is 5.79 Å². The minimum atomic E-state index is -0.944. The van der Waals surface area contributed by atoms with Crippen LogP contribution in [0.25, 0.3) is 0 Å². The molecule has 0 N–H and O–H groups in total. The third-order valence-corrected chi connectivity index (χ3v) is 6.79. The van der Waals surface area contributed by atoms with Gasteiger partial charge in [-0.05, 0) is 66.3 Å². The minimum Gasteiger partial charge on any atom is -0.452 e. The SMILES string of the molecule is CCCCCCN(Cc1ccc(CCc2ccc(Cl)cc2)cc1)c1ccc2c(c1)C(=O)OC(C)(C)O2. The normalized spacial score (nSPS) is 14.1. The van der Waals surface area contributed by atoms with E-state index in [1.165, 1.54) is 36.0 Å². The molecule has 0 saturated heterocycles. The molecular weight excluding hydrogens is 470 g/mol. The summed E-state index contributed by atoms with van der Waals surface area (Å²) in [6.45, 7) is 7.44. The molecule has 5 heteroatoms. The Hall–Kier alpha value is -2.98. The van der Waals surface area contributed by atoms with Gasteiger partial charge in [0.1, 0.15) is 11.3 Å². The van der Waals surface area contributed by atoms with Gasteiger partial charge in [0.05, 0.1) is 0 Å². The monoisotopic (exact) mass is 505 g/mol. The van der Waals surface area contributed by atoms with E-state index in [1.54, 1.807) is 13.8 Å². The smallest absolute Gasteiger partial charge is 0.345 e. The van der Waals surface area contributed by atoms with Crippen molar-refractivity contribution in [2.45, 2.75) is 71.6 Å². The molecule has 0 amide bonds. The van der Waals surface area contributed by atoms with E-state index in [1.807, 2.05) is 30.3 Å². The van der Waals surface area contributed by atoms with Gasteiger partial charge in [-0.15, -0.1) is 0 Å². The van der Waals surface area contributed by atoms with Crippen LogP contribution >= 0.6 is 11.6 Å². The summed E-state index contributed by atoms with van der Waals surface area (Å²) in [5.74, 6) is -0.698. The van der Waals surface area contributed by atoms with Crippen molar-refractivity contribution in [2.75, 3.05) is 11.4 Å². The molecule has 0 spiro atoms. The highest BCUT2D eigenvalue weighted by Gasteiger charge is 2.34. The minimum absolute atomic E-state index is 0.334. The Labute approximate surface area is 220 Å². The lowest BCUT2D eigenvalue weighted by Gasteiger charge is -2.33. The van der Waals surface area contributed by atoms with Gasteiger partial charge < -0.3 is 14.4 Å². The lowest BCUT2D eigenvalue weighted by Crippen LogP contribution is -2.39. The van der Waals surface area contributed by atoms with Crippen LogP contribution in [0.2, 0.25) is 5.02 Å². The molecule has 4 rings (SSSR count). The molecule has 1 aliphatic rings. The summed E-state index contributed by atoms with van der Waals surface area (Å²) in [6.07, 6.45) is 6.72. The molecule has 0 fully saturated rings. The molecule has 0 unspecified atom stereocenters. The van der Waals surface area contributed by atoms with Crippen LogP contribution in [0.15, 0.2) is 66.7 Å². The summed E-state index contributed by atoms with van der Waals surface area (Å²) in [6, 6.07) is 22.8. The topological polar surface area (TPSA) is 38.8 Å². The Bertz CT molecular complexity index is 1160. The van der Waals surface area contributed by atoms with Gasteiger partial charge >= 0.3 is 5.97 Å². The van der Waals surface area contributed by atoms with Crippen molar-refractivity contribution in [3.8, 4) is 5.75 Å². The number of nitrogens with zero attached hydrogens (tertiary/aromatic N) is 1. The number of halogens is 1. The molecule has 3 aromatic carbocycles. The first-order chi connectivity index (χ1) is 17.3. The van der Waals surface area contributed by atoms with E-state index in [0.717, 1.165) is 43.1 Å². The fourth-order valence-electron chi connectivity index (χ4n) is 4.53. The van der Waals surface area contributed by atoms with Gasteiger partial charge in [-0.25, -0.2) is 4.79 Å². The summed E-state index contributed by atoms with van der Waals surface area (Å²) in [4.78, 5) is 15.0. The number of hydrogen-bond donors (Lipinski definition) is 0. The van der Waals surface area contributed by atoms with Gasteiger partial charge in [-0.1, -0.05) is 74.2 Å². The van der Waals surface area contributed by atoms with Gasteiger partial charge in [0, 0.05) is 37.6 Å². The maximum Gasteiger partial charge on any atom is 0.345 e. The Morgan fingerprint density at radius 3 is 2.11 bits per heavy atom. The van der Waals surface area contributed by atoms with Crippen molar-refractivity contribution in [2.24, 2.45) is 0 Å². The molecular formula is C31H36ClNO3. The van der Waals surface area contributed by atoms with E-state index >= 15 is 0 Å². The number of hydrogen-bond acceptors (Lipinski definition) is 4. The summed E-state index contributed by atoms with van der Waals surface area (Å²) >= 11 is 6.00. The summed E-state index contributed by atoms with van der Waals surface area (Å²) in [5.41, 5.74) is 5.36. The molecule has 0 bridgehead atoms. The number of unbranched alkanes of at least 4 members (excludes halogenated alkanes) is 3. The Kier molecular flexibility index (Phi) is 8.58. The summed E-state index contributed by atoms with van der Waals surface area (Å²) in [5, 5.41) is 0.773. The number of cyclic esters (lactones) is 1. The lowest BCUT2D eigenvalue weighted by atomic mass is 10.0. The second kappa shape index (κ2) is 11.8. The standard InChI is InChI=1S/C31H36ClNO3/c1-4-5-6-7-20-33(27-18-19-29-28(21-27)30(34)36-31(2,3)35-29)22-25-12-10-23(11-13-25)8-9-24-14-16-26(32)17-15-24/h10-19,21H,4-9,20,22H2,1-3H3. The highest BCUT2D eigenvalue weighted by Crippen LogP contribution is 2.34. The van der Waals surface area contributed by atoms with Crippen molar-refractivity contribution in [1.29, 1.82) is 0 Å². The van der Waals surface area contributed by atoms with Crippen molar-refractivity contribution in [1.82, 2.24) is 0 Å². The van der Waals surface area contributed by atoms with E-state index in [0.29, 0.717) is 11.3 Å². The molecule has 0 saturated carbocycles. The summed E-state index contributed by atoms with van der Waals surface area (Å²) < 4.78 is 11.3. The van der Waals surface area contributed by atoms with Crippen molar-refractivity contribution >= 4 is 23.3 Å². The average molecular weight is 506 g/mol. The number of anilines is 1. The second-order valence-electron chi connectivity index (χ2n) is 10.00. The molecule has 1 heterocycles. The number of esters is 1. The second-order valence-corrected chi connectivity index (χ2v) is 10.4. The molecule has 1 aliphatic heterocycles. The van der Waals surface area contributed by atoms with Crippen molar-refractivity contribution in [3.05, 3.63) is 94.0 Å². The van der Waals surface area contributed by atoms with Crippen LogP contribution < -0.4 is 9.64 Å². The van der Waals surface area contributed by atoms with E-state index in [-0.39, 0.29) is 5.97 Å². The predicted molar refractivity (Wildman–Crippen MR) is 147 cm³/mol.